The van der Waals surface area contributed by atoms with E-state index in [1.54, 1.807) is 0 Å². The van der Waals surface area contributed by atoms with Crippen molar-refractivity contribution in [2.75, 3.05) is 5.32 Å². The summed E-state index contributed by atoms with van der Waals surface area (Å²) in [6.45, 7) is 2.00. The van der Waals surface area contributed by atoms with Crippen molar-refractivity contribution in [3.63, 3.8) is 0 Å². The number of rotatable bonds is 1. The molecule has 1 saturated carbocycles. The third-order valence-electron chi connectivity index (χ3n) is 2.96. The summed E-state index contributed by atoms with van der Waals surface area (Å²) in [5.74, 6) is 1.24. The quantitative estimate of drug-likeness (QED) is 0.759. The first kappa shape index (κ1) is 8.77. The number of benzene rings is 1. The van der Waals surface area contributed by atoms with Crippen molar-refractivity contribution >= 4 is 11.6 Å². The van der Waals surface area contributed by atoms with Crippen molar-refractivity contribution in [2.45, 2.75) is 25.9 Å². The van der Waals surface area contributed by atoms with Crippen LogP contribution in [0.1, 0.15) is 18.4 Å². The summed E-state index contributed by atoms with van der Waals surface area (Å²) in [5.41, 5.74) is 1.93. The molecule has 1 aromatic rings. The van der Waals surface area contributed by atoms with Gasteiger partial charge >= 0.3 is 0 Å². The summed E-state index contributed by atoms with van der Waals surface area (Å²) in [5, 5.41) is 2.91. The monoisotopic (exact) mass is 203 g/mol. The van der Waals surface area contributed by atoms with Crippen LogP contribution in [0.2, 0.25) is 0 Å². The second kappa shape index (κ2) is 2.99. The molecular formula is C12H13NO2. The van der Waals surface area contributed by atoms with E-state index < -0.39 is 0 Å². The highest BCUT2D eigenvalue weighted by atomic mass is 16.5. The minimum absolute atomic E-state index is 0.00981. The van der Waals surface area contributed by atoms with Crippen molar-refractivity contribution in [3.05, 3.63) is 23.8 Å². The lowest BCUT2D eigenvalue weighted by molar-refractivity contribution is -0.124. The Labute approximate surface area is 88.4 Å². The molecule has 0 bridgehead atoms. The standard InChI is InChI=1S/C12H13NO2/c1-7-2-5-10-9(6-7)13-12(14)11(15-10)8-3-4-8/h2,5-6,8,11H,3-4H2,1H3,(H,13,14). The van der Waals surface area contributed by atoms with Gasteiger partial charge in [-0.15, -0.1) is 0 Å². The molecule has 15 heavy (non-hydrogen) atoms. The zero-order valence-corrected chi connectivity index (χ0v) is 8.62. The molecule has 1 unspecified atom stereocenters. The van der Waals surface area contributed by atoms with Crippen LogP contribution < -0.4 is 10.1 Å². The first-order valence-corrected chi connectivity index (χ1v) is 5.32. The number of hydrogen-bond acceptors (Lipinski definition) is 2. The van der Waals surface area contributed by atoms with Crippen LogP contribution in [0.15, 0.2) is 18.2 Å². The van der Waals surface area contributed by atoms with Gasteiger partial charge < -0.3 is 10.1 Å². The average molecular weight is 203 g/mol. The summed E-state index contributed by atoms with van der Waals surface area (Å²) in [6.07, 6.45) is 1.96. The number of nitrogens with one attached hydrogen (secondary N) is 1. The van der Waals surface area contributed by atoms with E-state index in [1.807, 2.05) is 25.1 Å². The van der Waals surface area contributed by atoms with E-state index in [0.717, 1.165) is 29.8 Å². The molecule has 0 aromatic heterocycles. The van der Waals surface area contributed by atoms with Crippen LogP contribution >= 0.6 is 0 Å². The predicted molar refractivity (Wildman–Crippen MR) is 56.9 cm³/mol. The number of ether oxygens (including phenoxy) is 1. The van der Waals surface area contributed by atoms with Gasteiger partial charge in [-0.2, -0.15) is 0 Å². The van der Waals surface area contributed by atoms with Gasteiger partial charge in [0.05, 0.1) is 5.69 Å². The van der Waals surface area contributed by atoms with Crippen LogP contribution in [0.5, 0.6) is 5.75 Å². The van der Waals surface area contributed by atoms with Gasteiger partial charge in [0.1, 0.15) is 5.75 Å². The fraction of sp³-hybridized carbons (Fsp3) is 0.417. The number of amides is 1. The van der Waals surface area contributed by atoms with Crippen molar-refractivity contribution in [3.8, 4) is 5.75 Å². The van der Waals surface area contributed by atoms with Gasteiger partial charge in [0.25, 0.3) is 5.91 Å². The van der Waals surface area contributed by atoms with Crippen LogP contribution in [-0.2, 0) is 4.79 Å². The lowest BCUT2D eigenvalue weighted by Gasteiger charge is -2.25. The van der Waals surface area contributed by atoms with E-state index in [2.05, 4.69) is 5.32 Å². The molecule has 0 spiro atoms. The van der Waals surface area contributed by atoms with Crippen LogP contribution in [0, 0.1) is 12.8 Å². The van der Waals surface area contributed by atoms with Gasteiger partial charge in [-0.3, -0.25) is 4.79 Å². The second-order valence-electron chi connectivity index (χ2n) is 4.36. The van der Waals surface area contributed by atoms with Crippen molar-refractivity contribution in [2.24, 2.45) is 5.92 Å². The molecule has 1 aliphatic heterocycles. The van der Waals surface area contributed by atoms with Crippen LogP contribution in [0.3, 0.4) is 0 Å². The molecule has 78 valence electrons. The average Bonchev–Trinajstić information content (AvgIpc) is 3.00. The number of carbonyl (C=O) groups is 1. The van der Waals surface area contributed by atoms with Crippen molar-refractivity contribution in [1.82, 2.24) is 0 Å². The van der Waals surface area contributed by atoms with Crippen LogP contribution in [0.25, 0.3) is 0 Å². The van der Waals surface area contributed by atoms with E-state index in [9.17, 15) is 4.79 Å². The molecule has 1 aromatic carbocycles. The lowest BCUT2D eigenvalue weighted by Crippen LogP contribution is -2.38. The zero-order chi connectivity index (χ0) is 10.4. The SMILES string of the molecule is Cc1ccc2c(c1)NC(=O)C(C1CC1)O2. The highest BCUT2D eigenvalue weighted by Crippen LogP contribution is 2.39. The summed E-state index contributed by atoms with van der Waals surface area (Å²) < 4.78 is 5.71. The zero-order valence-electron chi connectivity index (χ0n) is 8.62. The highest BCUT2D eigenvalue weighted by Gasteiger charge is 2.40. The van der Waals surface area contributed by atoms with Gasteiger partial charge in [0, 0.05) is 5.92 Å². The molecule has 1 amide bonds. The summed E-state index contributed by atoms with van der Waals surface area (Å²) in [4.78, 5) is 11.7. The van der Waals surface area contributed by atoms with Crippen molar-refractivity contribution < 1.29 is 9.53 Å². The lowest BCUT2D eigenvalue weighted by atomic mass is 10.1. The molecule has 3 rings (SSSR count). The highest BCUT2D eigenvalue weighted by molar-refractivity contribution is 5.98. The fourth-order valence-corrected chi connectivity index (χ4v) is 1.95. The summed E-state index contributed by atoms with van der Waals surface area (Å²) >= 11 is 0. The van der Waals surface area contributed by atoms with E-state index >= 15 is 0 Å². The normalized spacial score (nSPS) is 24.1. The third-order valence-corrected chi connectivity index (χ3v) is 2.96. The smallest absolute Gasteiger partial charge is 0.265 e. The Kier molecular flexibility index (Phi) is 1.75. The van der Waals surface area contributed by atoms with Gasteiger partial charge in [-0.25, -0.2) is 0 Å². The van der Waals surface area contributed by atoms with Gasteiger partial charge in [-0.1, -0.05) is 6.07 Å². The van der Waals surface area contributed by atoms with Gasteiger partial charge in [0.2, 0.25) is 0 Å². The molecule has 2 aliphatic rings. The molecule has 1 atom stereocenters. The molecule has 1 fully saturated rings. The molecule has 1 aliphatic carbocycles. The van der Waals surface area contributed by atoms with Gasteiger partial charge in [0.15, 0.2) is 6.10 Å². The Hall–Kier alpha value is -1.51. The van der Waals surface area contributed by atoms with Crippen LogP contribution in [0.4, 0.5) is 5.69 Å². The molecular weight excluding hydrogens is 190 g/mol. The van der Waals surface area contributed by atoms with Crippen molar-refractivity contribution in [1.29, 1.82) is 0 Å². The molecule has 3 nitrogen and oxygen atoms in total. The summed E-state index contributed by atoms with van der Waals surface area (Å²) in [7, 11) is 0. The minimum atomic E-state index is -0.264. The number of anilines is 1. The van der Waals surface area contributed by atoms with E-state index in [4.69, 9.17) is 4.74 Å². The maximum Gasteiger partial charge on any atom is 0.265 e. The Balaban J connectivity index is 1.94. The Morgan fingerprint density at radius 1 is 1.40 bits per heavy atom. The number of hydrogen-bond donors (Lipinski definition) is 1. The Morgan fingerprint density at radius 3 is 2.93 bits per heavy atom. The molecule has 0 saturated heterocycles. The number of fused-ring (bicyclic) bond motifs is 1. The van der Waals surface area contributed by atoms with Gasteiger partial charge in [-0.05, 0) is 37.5 Å². The molecule has 3 heteroatoms. The Bertz CT molecular complexity index is 424. The van der Waals surface area contributed by atoms with E-state index in [1.165, 1.54) is 0 Å². The van der Waals surface area contributed by atoms with Crippen LogP contribution in [-0.4, -0.2) is 12.0 Å². The fourth-order valence-electron chi connectivity index (χ4n) is 1.95. The maximum absolute atomic E-state index is 11.7. The van der Waals surface area contributed by atoms with E-state index in [0.29, 0.717) is 5.92 Å². The number of aryl methyl sites for hydroxylation is 1. The van der Waals surface area contributed by atoms with E-state index in [-0.39, 0.29) is 12.0 Å². The Morgan fingerprint density at radius 2 is 2.20 bits per heavy atom. The first-order valence-electron chi connectivity index (χ1n) is 5.32. The maximum atomic E-state index is 11.7. The predicted octanol–water partition coefficient (Wildman–Crippen LogP) is 2.10. The summed E-state index contributed by atoms with van der Waals surface area (Å²) in [6, 6.07) is 5.87. The largest absolute Gasteiger partial charge is 0.478 e. The number of carbonyl (C=O) groups excluding carboxylic acids is 1. The second-order valence-corrected chi connectivity index (χ2v) is 4.36. The molecule has 1 heterocycles. The molecule has 1 N–H and O–H groups in total. The third kappa shape index (κ3) is 1.48. The minimum Gasteiger partial charge on any atom is -0.478 e. The first-order chi connectivity index (χ1) is 7.24. The topological polar surface area (TPSA) is 38.3 Å². The molecule has 0 radical (unpaired) electrons.